The SMILES string of the molecule is CCc1cnc(C(C)NC(=O)c2cc(F)cc(N)c2F)s1. The molecule has 7 heteroatoms. The summed E-state index contributed by atoms with van der Waals surface area (Å²) in [7, 11) is 0. The zero-order chi connectivity index (χ0) is 15.6. The van der Waals surface area contributed by atoms with Crippen LogP contribution < -0.4 is 11.1 Å². The first-order chi connectivity index (χ1) is 9.92. The first-order valence-corrected chi connectivity index (χ1v) is 7.24. The molecule has 21 heavy (non-hydrogen) atoms. The van der Waals surface area contributed by atoms with Crippen molar-refractivity contribution in [1.29, 1.82) is 0 Å². The lowest BCUT2D eigenvalue weighted by molar-refractivity contribution is 0.0935. The number of benzene rings is 1. The maximum Gasteiger partial charge on any atom is 0.254 e. The molecule has 0 bridgehead atoms. The number of thiazole rings is 1. The molecule has 1 heterocycles. The Hall–Kier alpha value is -2.02. The number of nitrogens with two attached hydrogens (primary N) is 1. The molecule has 112 valence electrons. The third-order valence-corrected chi connectivity index (χ3v) is 4.27. The number of aryl methyl sites for hydroxylation is 1. The van der Waals surface area contributed by atoms with E-state index in [0.29, 0.717) is 5.01 Å². The normalized spacial score (nSPS) is 12.2. The summed E-state index contributed by atoms with van der Waals surface area (Å²) in [6.07, 6.45) is 2.59. The molecule has 0 saturated heterocycles. The highest BCUT2D eigenvalue weighted by Gasteiger charge is 2.19. The van der Waals surface area contributed by atoms with Crippen LogP contribution in [0, 0.1) is 11.6 Å². The van der Waals surface area contributed by atoms with Crippen LogP contribution in [-0.2, 0) is 6.42 Å². The summed E-state index contributed by atoms with van der Waals surface area (Å²) >= 11 is 1.47. The van der Waals surface area contributed by atoms with Crippen LogP contribution >= 0.6 is 11.3 Å². The van der Waals surface area contributed by atoms with Crippen LogP contribution in [0.4, 0.5) is 14.5 Å². The predicted octanol–water partition coefficient (Wildman–Crippen LogP) is 3.06. The van der Waals surface area contributed by atoms with E-state index in [0.717, 1.165) is 23.4 Å². The van der Waals surface area contributed by atoms with Gasteiger partial charge in [0.25, 0.3) is 5.91 Å². The van der Waals surface area contributed by atoms with Crippen molar-refractivity contribution in [3.8, 4) is 0 Å². The van der Waals surface area contributed by atoms with Gasteiger partial charge in [-0.05, 0) is 25.5 Å². The van der Waals surface area contributed by atoms with E-state index in [-0.39, 0.29) is 0 Å². The second-order valence-corrected chi connectivity index (χ2v) is 5.72. The summed E-state index contributed by atoms with van der Waals surface area (Å²) < 4.78 is 27.0. The molecule has 1 unspecified atom stereocenters. The Bertz CT molecular complexity index is 672. The number of hydrogen-bond donors (Lipinski definition) is 2. The molecule has 3 N–H and O–H groups in total. The molecule has 2 aromatic rings. The lowest BCUT2D eigenvalue weighted by Gasteiger charge is -2.12. The molecule has 1 amide bonds. The number of nitrogens with zero attached hydrogens (tertiary/aromatic N) is 1. The molecule has 2 rings (SSSR count). The van der Waals surface area contributed by atoms with Crippen molar-refractivity contribution in [3.63, 3.8) is 0 Å². The van der Waals surface area contributed by atoms with Gasteiger partial charge in [-0.1, -0.05) is 6.92 Å². The predicted molar refractivity (Wildman–Crippen MR) is 78.1 cm³/mol. The van der Waals surface area contributed by atoms with Gasteiger partial charge < -0.3 is 11.1 Å². The highest BCUT2D eigenvalue weighted by Crippen LogP contribution is 2.22. The van der Waals surface area contributed by atoms with Crippen molar-refractivity contribution in [2.75, 3.05) is 5.73 Å². The smallest absolute Gasteiger partial charge is 0.254 e. The second kappa shape index (κ2) is 6.17. The van der Waals surface area contributed by atoms with Crippen LogP contribution in [0.2, 0.25) is 0 Å². The fourth-order valence-electron chi connectivity index (χ4n) is 1.80. The summed E-state index contributed by atoms with van der Waals surface area (Å²) in [5.41, 5.74) is 4.51. The van der Waals surface area contributed by atoms with Gasteiger partial charge in [0.05, 0.1) is 17.3 Å². The maximum atomic E-state index is 13.8. The monoisotopic (exact) mass is 311 g/mol. The number of halogens is 2. The van der Waals surface area contributed by atoms with Crippen LogP contribution in [0.3, 0.4) is 0 Å². The van der Waals surface area contributed by atoms with Crippen molar-refractivity contribution in [2.24, 2.45) is 0 Å². The maximum absolute atomic E-state index is 13.8. The zero-order valence-corrected chi connectivity index (χ0v) is 12.4. The Kier molecular flexibility index (Phi) is 4.52. The minimum absolute atomic E-state index is 0.393. The quantitative estimate of drug-likeness (QED) is 0.853. The second-order valence-electron chi connectivity index (χ2n) is 4.57. The number of carbonyl (C=O) groups is 1. The van der Waals surface area contributed by atoms with Gasteiger partial charge in [0.1, 0.15) is 10.8 Å². The average molecular weight is 311 g/mol. The summed E-state index contributed by atoms with van der Waals surface area (Å²) in [6.45, 7) is 3.74. The molecule has 0 spiro atoms. The Morgan fingerprint density at radius 3 is 2.81 bits per heavy atom. The number of anilines is 1. The summed E-state index contributed by atoms with van der Waals surface area (Å²) in [5, 5.41) is 3.30. The van der Waals surface area contributed by atoms with Gasteiger partial charge in [-0.3, -0.25) is 4.79 Å². The standard InChI is InChI=1S/C14H15F2N3OS/c1-3-9-6-18-14(21-9)7(2)19-13(20)10-4-8(15)5-11(17)12(10)16/h4-7H,3,17H2,1-2H3,(H,19,20). The van der Waals surface area contributed by atoms with E-state index >= 15 is 0 Å². The van der Waals surface area contributed by atoms with Gasteiger partial charge in [-0.25, -0.2) is 13.8 Å². The minimum Gasteiger partial charge on any atom is -0.396 e. The first-order valence-electron chi connectivity index (χ1n) is 6.42. The molecule has 1 aromatic carbocycles. The number of amides is 1. The van der Waals surface area contributed by atoms with Crippen molar-refractivity contribution in [2.45, 2.75) is 26.3 Å². The van der Waals surface area contributed by atoms with Crippen LogP contribution in [-0.4, -0.2) is 10.9 Å². The van der Waals surface area contributed by atoms with Gasteiger partial charge in [0.15, 0.2) is 5.82 Å². The first kappa shape index (κ1) is 15.4. The molecule has 1 atom stereocenters. The minimum atomic E-state index is -0.922. The van der Waals surface area contributed by atoms with E-state index in [1.165, 1.54) is 11.3 Å². The van der Waals surface area contributed by atoms with E-state index in [1.54, 1.807) is 13.1 Å². The summed E-state index contributed by atoms with van der Waals surface area (Å²) in [5.74, 6) is -2.40. The lowest BCUT2D eigenvalue weighted by atomic mass is 10.1. The third-order valence-electron chi connectivity index (χ3n) is 2.95. The molecule has 0 radical (unpaired) electrons. The largest absolute Gasteiger partial charge is 0.396 e. The molecule has 0 aliphatic carbocycles. The van der Waals surface area contributed by atoms with Gasteiger partial charge in [-0.2, -0.15) is 0 Å². The molecule has 0 aliphatic rings. The van der Waals surface area contributed by atoms with Gasteiger partial charge in [0.2, 0.25) is 0 Å². The fourth-order valence-corrected chi connectivity index (χ4v) is 2.66. The van der Waals surface area contributed by atoms with Crippen molar-refractivity contribution in [3.05, 3.63) is 45.4 Å². The highest BCUT2D eigenvalue weighted by atomic mass is 32.1. The van der Waals surface area contributed by atoms with E-state index in [1.807, 2.05) is 6.92 Å². The van der Waals surface area contributed by atoms with E-state index in [2.05, 4.69) is 10.3 Å². The Morgan fingerprint density at radius 2 is 2.19 bits per heavy atom. The molecule has 0 aliphatic heterocycles. The molecule has 1 aromatic heterocycles. The Balaban J connectivity index is 2.18. The number of rotatable bonds is 4. The fraction of sp³-hybridized carbons (Fsp3) is 0.286. The van der Waals surface area contributed by atoms with Gasteiger partial charge in [-0.15, -0.1) is 11.3 Å². The topological polar surface area (TPSA) is 68.0 Å². The van der Waals surface area contributed by atoms with Crippen LogP contribution in [0.15, 0.2) is 18.3 Å². The van der Waals surface area contributed by atoms with Crippen LogP contribution in [0.25, 0.3) is 0 Å². The van der Waals surface area contributed by atoms with Gasteiger partial charge >= 0.3 is 0 Å². The van der Waals surface area contributed by atoms with Crippen LogP contribution in [0.1, 0.15) is 40.1 Å². The number of hydrogen-bond acceptors (Lipinski definition) is 4. The third kappa shape index (κ3) is 3.36. The van der Waals surface area contributed by atoms with E-state index in [9.17, 15) is 13.6 Å². The van der Waals surface area contributed by atoms with E-state index < -0.39 is 34.8 Å². The zero-order valence-electron chi connectivity index (χ0n) is 11.6. The molecule has 4 nitrogen and oxygen atoms in total. The van der Waals surface area contributed by atoms with E-state index in [4.69, 9.17) is 5.73 Å². The molecule has 0 fully saturated rings. The number of carbonyl (C=O) groups excluding carboxylic acids is 1. The average Bonchev–Trinajstić information content (AvgIpc) is 2.91. The molecule has 0 saturated carbocycles. The van der Waals surface area contributed by atoms with Crippen molar-refractivity contribution < 1.29 is 13.6 Å². The van der Waals surface area contributed by atoms with Crippen LogP contribution in [0.5, 0.6) is 0 Å². The Labute approximate surface area is 125 Å². The number of nitrogens with one attached hydrogen (secondary N) is 1. The van der Waals surface area contributed by atoms with Crippen molar-refractivity contribution in [1.82, 2.24) is 10.3 Å². The molecular weight excluding hydrogens is 296 g/mol. The number of nitrogen functional groups attached to an aromatic ring is 1. The lowest BCUT2D eigenvalue weighted by Crippen LogP contribution is -2.27. The van der Waals surface area contributed by atoms with Gasteiger partial charge in [0, 0.05) is 11.1 Å². The summed E-state index contributed by atoms with van der Waals surface area (Å²) in [4.78, 5) is 17.3. The van der Waals surface area contributed by atoms with Crippen molar-refractivity contribution >= 4 is 22.9 Å². The summed E-state index contributed by atoms with van der Waals surface area (Å²) in [6, 6.07) is 1.27. The Morgan fingerprint density at radius 1 is 1.48 bits per heavy atom. The highest BCUT2D eigenvalue weighted by molar-refractivity contribution is 7.11. The number of aromatic nitrogens is 1. The molecular formula is C14H15F2N3OS.